The molecular formula is C16H15N5O3S. The van der Waals surface area contributed by atoms with Crippen LogP contribution in [0.1, 0.15) is 36.0 Å². The van der Waals surface area contributed by atoms with E-state index in [1.165, 1.54) is 11.3 Å². The molecule has 2 aliphatic rings. The van der Waals surface area contributed by atoms with Gasteiger partial charge in [0.25, 0.3) is 0 Å². The summed E-state index contributed by atoms with van der Waals surface area (Å²) in [7, 11) is 0. The molecule has 8 nitrogen and oxygen atoms in total. The molecule has 2 aromatic heterocycles. The van der Waals surface area contributed by atoms with Gasteiger partial charge in [0.1, 0.15) is 5.01 Å². The van der Waals surface area contributed by atoms with Gasteiger partial charge in [0.15, 0.2) is 17.3 Å². The number of nitrogens with one attached hydrogen (secondary N) is 1. The Morgan fingerprint density at radius 3 is 3.04 bits per heavy atom. The van der Waals surface area contributed by atoms with E-state index in [0.717, 1.165) is 28.6 Å². The maximum absolute atomic E-state index is 12.2. The summed E-state index contributed by atoms with van der Waals surface area (Å²) in [5, 5.41) is 16.7. The van der Waals surface area contributed by atoms with E-state index in [0.29, 0.717) is 35.9 Å². The molecule has 1 fully saturated rings. The number of nitrogens with zero attached hydrogens (tertiary/aromatic N) is 4. The fraction of sp³-hybridized carbons (Fsp3) is 0.375. The van der Waals surface area contributed by atoms with Crippen molar-refractivity contribution in [1.29, 1.82) is 0 Å². The fourth-order valence-electron chi connectivity index (χ4n) is 2.79. The third-order valence-electron chi connectivity index (χ3n) is 4.22. The Morgan fingerprint density at radius 1 is 1.28 bits per heavy atom. The molecule has 0 spiro atoms. The number of fused-ring (bicyclic) bond motifs is 2. The minimum Gasteiger partial charge on any atom is -0.454 e. The lowest BCUT2D eigenvalue weighted by molar-refractivity contribution is -0.116. The van der Waals surface area contributed by atoms with Gasteiger partial charge in [-0.1, -0.05) is 11.3 Å². The summed E-state index contributed by atoms with van der Waals surface area (Å²) in [6.07, 6.45) is 3.25. The van der Waals surface area contributed by atoms with E-state index in [2.05, 4.69) is 20.6 Å². The van der Waals surface area contributed by atoms with Gasteiger partial charge in [0, 0.05) is 30.5 Å². The number of hydrogen-bond donors (Lipinski definition) is 1. The zero-order valence-corrected chi connectivity index (χ0v) is 14.1. The van der Waals surface area contributed by atoms with E-state index in [1.807, 2.05) is 4.52 Å². The summed E-state index contributed by atoms with van der Waals surface area (Å²) < 4.78 is 12.4. The standard InChI is InChI=1S/C16H15N5O3S/c22-13(17-10-3-4-11-12(7-10)24-8-23-11)5-6-14-20-21-15(9-1-2-9)18-19-16(21)25-14/h3-4,7,9H,1-2,5-6,8H2,(H,17,22). The molecule has 5 rings (SSSR count). The predicted octanol–water partition coefficient (Wildman–Crippen LogP) is 2.36. The van der Waals surface area contributed by atoms with Crippen LogP contribution in [0.25, 0.3) is 4.96 Å². The number of carbonyl (C=O) groups is 1. The van der Waals surface area contributed by atoms with Crippen molar-refractivity contribution >= 4 is 27.9 Å². The minimum atomic E-state index is -0.0627. The van der Waals surface area contributed by atoms with Gasteiger partial charge >= 0.3 is 0 Å². The zero-order valence-electron chi connectivity index (χ0n) is 13.3. The van der Waals surface area contributed by atoms with Crippen molar-refractivity contribution < 1.29 is 14.3 Å². The number of ether oxygens (including phenoxy) is 2. The number of anilines is 1. The highest BCUT2D eigenvalue weighted by Gasteiger charge is 2.30. The molecular weight excluding hydrogens is 342 g/mol. The average Bonchev–Trinajstić information content (AvgIpc) is 3.04. The van der Waals surface area contributed by atoms with E-state index in [4.69, 9.17) is 9.47 Å². The third-order valence-corrected chi connectivity index (χ3v) is 5.18. The molecule has 9 heteroatoms. The molecule has 0 atom stereocenters. The van der Waals surface area contributed by atoms with Crippen molar-refractivity contribution in [2.75, 3.05) is 12.1 Å². The Hall–Kier alpha value is -2.68. The van der Waals surface area contributed by atoms with E-state index in [-0.39, 0.29) is 12.7 Å². The van der Waals surface area contributed by atoms with E-state index < -0.39 is 0 Å². The van der Waals surface area contributed by atoms with Crippen LogP contribution < -0.4 is 14.8 Å². The quantitative estimate of drug-likeness (QED) is 0.754. The predicted molar refractivity (Wildman–Crippen MR) is 90.1 cm³/mol. The molecule has 25 heavy (non-hydrogen) atoms. The first-order valence-corrected chi connectivity index (χ1v) is 8.98. The van der Waals surface area contributed by atoms with Crippen LogP contribution in [-0.2, 0) is 11.2 Å². The highest BCUT2D eigenvalue weighted by molar-refractivity contribution is 7.16. The molecule has 1 amide bonds. The number of hydrogen-bond acceptors (Lipinski definition) is 7. The molecule has 0 bridgehead atoms. The molecule has 0 saturated heterocycles. The van der Waals surface area contributed by atoms with Crippen LogP contribution in [0.4, 0.5) is 5.69 Å². The highest BCUT2D eigenvalue weighted by atomic mass is 32.1. The van der Waals surface area contributed by atoms with Crippen LogP contribution in [0.15, 0.2) is 18.2 Å². The summed E-state index contributed by atoms with van der Waals surface area (Å²) in [6, 6.07) is 5.36. The van der Waals surface area contributed by atoms with Gasteiger partial charge in [-0.3, -0.25) is 4.79 Å². The van der Waals surface area contributed by atoms with Crippen LogP contribution >= 0.6 is 11.3 Å². The Bertz CT molecular complexity index is 962. The third kappa shape index (κ3) is 2.80. The molecule has 1 aromatic carbocycles. The SMILES string of the molecule is O=C(CCc1nn2c(C3CC3)nnc2s1)Nc1ccc2c(c1)OCO2. The van der Waals surface area contributed by atoms with Gasteiger partial charge in [0.2, 0.25) is 17.7 Å². The van der Waals surface area contributed by atoms with Crippen molar-refractivity contribution in [1.82, 2.24) is 19.8 Å². The maximum atomic E-state index is 12.2. The zero-order chi connectivity index (χ0) is 16.8. The molecule has 3 heterocycles. The van der Waals surface area contributed by atoms with Crippen molar-refractivity contribution in [3.63, 3.8) is 0 Å². The van der Waals surface area contributed by atoms with Crippen LogP contribution in [-0.4, -0.2) is 32.5 Å². The van der Waals surface area contributed by atoms with Gasteiger partial charge in [-0.2, -0.15) is 9.61 Å². The summed E-state index contributed by atoms with van der Waals surface area (Å²) in [5.41, 5.74) is 0.698. The molecule has 1 saturated carbocycles. The Labute approximate surface area is 146 Å². The lowest BCUT2D eigenvalue weighted by atomic mass is 10.2. The summed E-state index contributed by atoms with van der Waals surface area (Å²) >= 11 is 1.49. The first-order chi connectivity index (χ1) is 12.3. The largest absolute Gasteiger partial charge is 0.454 e. The van der Waals surface area contributed by atoms with E-state index in [9.17, 15) is 4.79 Å². The Balaban J connectivity index is 1.23. The Morgan fingerprint density at radius 2 is 2.16 bits per heavy atom. The minimum absolute atomic E-state index is 0.0627. The van der Waals surface area contributed by atoms with Gasteiger partial charge in [-0.25, -0.2) is 0 Å². The van der Waals surface area contributed by atoms with Gasteiger partial charge in [-0.15, -0.1) is 10.2 Å². The average molecular weight is 357 g/mol. The summed E-state index contributed by atoms with van der Waals surface area (Å²) in [5.74, 6) is 2.73. The van der Waals surface area contributed by atoms with Crippen molar-refractivity contribution in [2.24, 2.45) is 0 Å². The molecule has 3 aromatic rings. The van der Waals surface area contributed by atoms with Crippen LogP contribution in [0.3, 0.4) is 0 Å². The monoisotopic (exact) mass is 357 g/mol. The lowest BCUT2D eigenvalue weighted by Gasteiger charge is -2.05. The van der Waals surface area contributed by atoms with Gasteiger partial charge < -0.3 is 14.8 Å². The number of benzene rings is 1. The molecule has 1 N–H and O–H groups in total. The van der Waals surface area contributed by atoms with E-state index in [1.54, 1.807) is 18.2 Å². The smallest absolute Gasteiger partial charge is 0.234 e. The normalized spacial score (nSPS) is 15.7. The summed E-state index contributed by atoms with van der Waals surface area (Å²) in [4.78, 5) is 13.0. The van der Waals surface area contributed by atoms with Crippen LogP contribution in [0.5, 0.6) is 11.5 Å². The van der Waals surface area contributed by atoms with Gasteiger partial charge in [-0.05, 0) is 25.0 Å². The fourth-order valence-corrected chi connectivity index (χ4v) is 3.63. The number of amides is 1. The number of aromatic nitrogens is 4. The lowest BCUT2D eigenvalue weighted by Crippen LogP contribution is -2.12. The second-order valence-corrected chi connectivity index (χ2v) is 7.18. The van der Waals surface area contributed by atoms with E-state index >= 15 is 0 Å². The first-order valence-electron chi connectivity index (χ1n) is 8.17. The number of aryl methyl sites for hydroxylation is 1. The van der Waals surface area contributed by atoms with Crippen LogP contribution in [0.2, 0.25) is 0 Å². The van der Waals surface area contributed by atoms with Crippen LogP contribution in [0, 0.1) is 0 Å². The highest BCUT2D eigenvalue weighted by Crippen LogP contribution is 2.39. The van der Waals surface area contributed by atoms with Crippen molar-refractivity contribution in [2.45, 2.75) is 31.6 Å². The number of carbonyl (C=O) groups excluding carboxylic acids is 1. The Kier molecular flexibility index (Phi) is 3.34. The topological polar surface area (TPSA) is 90.6 Å². The van der Waals surface area contributed by atoms with Crippen molar-refractivity contribution in [3.05, 3.63) is 29.0 Å². The van der Waals surface area contributed by atoms with Crippen molar-refractivity contribution in [3.8, 4) is 11.5 Å². The molecule has 0 radical (unpaired) electrons. The summed E-state index contributed by atoms with van der Waals surface area (Å²) in [6.45, 7) is 0.219. The number of rotatable bonds is 5. The molecule has 128 valence electrons. The second kappa shape index (κ2) is 5.69. The second-order valence-electron chi connectivity index (χ2n) is 6.14. The maximum Gasteiger partial charge on any atom is 0.234 e. The molecule has 0 unspecified atom stereocenters. The molecule has 1 aliphatic carbocycles. The van der Waals surface area contributed by atoms with Gasteiger partial charge in [0.05, 0.1) is 0 Å². The molecule has 1 aliphatic heterocycles. The first kappa shape index (κ1) is 14.6.